The molecule has 1 saturated heterocycles. The normalized spacial score (nSPS) is 21.7. The molecule has 0 aromatic heterocycles. The van der Waals surface area contributed by atoms with Crippen LogP contribution in [0.1, 0.15) is 44.4 Å². The van der Waals surface area contributed by atoms with Gasteiger partial charge >= 0.3 is 17.9 Å². The maximum absolute atomic E-state index is 12.3. The molecule has 43 heavy (non-hydrogen) atoms. The Morgan fingerprint density at radius 3 is 1.47 bits per heavy atom. The molecule has 10 heteroatoms. The van der Waals surface area contributed by atoms with Crippen LogP contribution >= 0.6 is 0 Å². The number of benzene rings is 3. The van der Waals surface area contributed by atoms with E-state index in [0.29, 0.717) is 0 Å². The van der Waals surface area contributed by atoms with Crippen molar-refractivity contribution < 1.29 is 42.9 Å². The molecule has 0 spiro atoms. The standard InChI is InChI=1S/C33H35NO9/c1-21(35)34-29-31(41-23(3)37)30(40-22(2)36)28(43-32(29)42-24(4)38)20-39-33(25-14-8-5-9-15-25,26-16-10-6-11-17-26)27-18-12-7-13-19-27/h5-19,28-32H,20H2,1-4H3,(H,34,35)/t28-,29+,30+,31+,32-/m0/s1. The quantitative estimate of drug-likeness (QED) is 0.214. The molecule has 1 fully saturated rings. The van der Waals surface area contributed by atoms with Crippen molar-refractivity contribution in [1.29, 1.82) is 0 Å². The first kappa shape index (κ1) is 31.4. The summed E-state index contributed by atoms with van der Waals surface area (Å²) in [4.78, 5) is 48.7. The van der Waals surface area contributed by atoms with Gasteiger partial charge < -0.3 is 29.0 Å². The lowest BCUT2D eigenvalue weighted by Gasteiger charge is -2.45. The van der Waals surface area contributed by atoms with E-state index in [9.17, 15) is 19.2 Å². The number of carbonyl (C=O) groups is 4. The minimum atomic E-state index is -1.38. The van der Waals surface area contributed by atoms with E-state index in [1.165, 1.54) is 27.7 Å². The first-order chi connectivity index (χ1) is 20.6. The number of nitrogens with one attached hydrogen (secondary N) is 1. The van der Waals surface area contributed by atoms with Crippen molar-refractivity contribution >= 4 is 23.8 Å². The van der Waals surface area contributed by atoms with Crippen LogP contribution in [0, 0.1) is 0 Å². The molecule has 1 aliphatic rings. The Morgan fingerprint density at radius 2 is 1.07 bits per heavy atom. The second-order valence-electron chi connectivity index (χ2n) is 10.1. The topological polar surface area (TPSA) is 126 Å². The van der Waals surface area contributed by atoms with Crippen molar-refractivity contribution in [2.45, 2.75) is 63.9 Å². The summed E-state index contributed by atoms with van der Waals surface area (Å²) in [5, 5.41) is 2.62. The fraction of sp³-hybridized carbons (Fsp3) is 0.333. The van der Waals surface area contributed by atoms with Gasteiger partial charge in [0, 0.05) is 27.7 Å². The molecule has 0 bridgehead atoms. The Hall–Kier alpha value is -4.54. The molecule has 5 atom stereocenters. The second-order valence-corrected chi connectivity index (χ2v) is 10.1. The average molecular weight is 590 g/mol. The summed E-state index contributed by atoms with van der Waals surface area (Å²) in [5.41, 5.74) is 1.29. The van der Waals surface area contributed by atoms with Gasteiger partial charge in [0.15, 0.2) is 12.2 Å². The molecule has 226 valence electrons. The van der Waals surface area contributed by atoms with Gasteiger partial charge in [-0.25, -0.2) is 0 Å². The van der Waals surface area contributed by atoms with E-state index in [2.05, 4.69) is 5.32 Å². The zero-order valence-electron chi connectivity index (χ0n) is 24.4. The van der Waals surface area contributed by atoms with Crippen LogP contribution in [-0.4, -0.2) is 61.1 Å². The van der Waals surface area contributed by atoms with E-state index in [1.807, 2.05) is 91.0 Å². The first-order valence-corrected chi connectivity index (χ1v) is 13.9. The summed E-state index contributed by atoms with van der Waals surface area (Å²) >= 11 is 0. The van der Waals surface area contributed by atoms with E-state index in [4.69, 9.17) is 23.7 Å². The van der Waals surface area contributed by atoms with Crippen LogP contribution in [0.3, 0.4) is 0 Å². The summed E-state index contributed by atoms with van der Waals surface area (Å²) in [7, 11) is 0. The zero-order chi connectivity index (χ0) is 31.0. The first-order valence-electron chi connectivity index (χ1n) is 13.9. The molecule has 3 aromatic rings. The van der Waals surface area contributed by atoms with E-state index in [1.54, 1.807) is 0 Å². The Morgan fingerprint density at radius 1 is 0.651 bits per heavy atom. The number of carbonyl (C=O) groups excluding carboxylic acids is 4. The van der Waals surface area contributed by atoms with Gasteiger partial charge in [-0.3, -0.25) is 19.2 Å². The molecule has 0 radical (unpaired) electrons. The Balaban J connectivity index is 1.83. The maximum atomic E-state index is 12.3. The van der Waals surface area contributed by atoms with Gasteiger partial charge in [-0.05, 0) is 16.7 Å². The molecule has 10 nitrogen and oxygen atoms in total. The van der Waals surface area contributed by atoms with Gasteiger partial charge in [0.25, 0.3) is 0 Å². The molecule has 0 unspecified atom stereocenters. The number of amides is 1. The van der Waals surface area contributed by atoms with Crippen molar-refractivity contribution in [3.8, 4) is 0 Å². The molecule has 3 aromatic carbocycles. The third-order valence-corrected chi connectivity index (χ3v) is 6.91. The zero-order valence-corrected chi connectivity index (χ0v) is 24.4. The Kier molecular flexibility index (Phi) is 10.3. The van der Waals surface area contributed by atoms with Crippen LogP contribution in [0.5, 0.6) is 0 Å². The molecule has 0 aliphatic carbocycles. The lowest BCUT2D eigenvalue weighted by Crippen LogP contribution is -2.67. The van der Waals surface area contributed by atoms with Crippen LogP contribution in [0.2, 0.25) is 0 Å². The Labute approximate surface area is 250 Å². The molecule has 1 aliphatic heterocycles. The smallest absolute Gasteiger partial charge is 0.305 e. The summed E-state index contributed by atoms with van der Waals surface area (Å²) in [6.45, 7) is 4.61. The second kappa shape index (κ2) is 14.1. The minimum absolute atomic E-state index is 0.209. The number of rotatable bonds is 10. The van der Waals surface area contributed by atoms with Crippen LogP contribution in [-0.2, 0) is 48.5 Å². The van der Waals surface area contributed by atoms with Crippen LogP contribution in [0.15, 0.2) is 91.0 Å². The molecule has 4 rings (SSSR count). The monoisotopic (exact) mass is 589 g/mol. The van der Waals surface area contributed by atoms with E-state index < -0.39 is 60.1 Å². The molecule has 1 heterocycles. The summed E-state index contributed by atoms with van der Waals surface area (Å²) in [6, 6.07) is 27.7. The third kappa shape index (κ3) is 7.46. The largest absolute Gasteiger partial charge is 0.456 e. The fourth-order valence-corrected chi connectivity index (χ4v) is 5.33. The van der Waals surface area contributed by atoms with Gasteiger partial charge in [0.1, 0.15) is 17.7 Å². The van der Waals surface area contributed by atoms with Crippen molar-refractivity contribution in [3.63, 3.8) is 0 Å². The van der Waals surface area contributed by atoms with E-state index in [-0.39, 0.29) is 6.61 Å². The molecular formula is C33H35NO9. The summed E-state index contributed by atoms with van der Waals surface area (Å²) < 4.78 is 29.7. The average Bonchev–Trinajstić information content (AvgIpc) is 2.97. The van der Waals surface area contributed by atoms with Crippen LogP contribution < -0.4 is 5.32 Å². The number of esters is 3. The van der Waals surface area contributed by atoms with Gasteiger partial charge in [0.05, 0.1) is 6.61 Å². The molecule has 0 saturated carbocycles. The van der Waals surface area contributed by atoms with Crippen molar-refractivity contribution in [1.82, 2.24) is 5.32 Å². The van der Waals surface area contributed by atoms with Gasteiger partial charge in [0.2, 0.25) is 12.2 Å². The molecule has 1 amide bonds. The maximum Gasteiger partial charge on any atom is 0.305 e. The highest BCUT2D eigenvalue weighted by Gasteiger charge is 2.52. The van der Waals surface area contributed by atoms with Crippen molar-refractivity contribution in [3.05, 3.63) is 108 Å². The predicted octanol–water partition coefficient (Wildman–Crippen LogP) is 3.65. The SMILES string of the molecule is CC(=O)N[C@H]1[C@@H](OC(C)=O)O[C@@H](COC(c2ccccc2)(c2ccccc2)c2ccccc2)[C@@H](OC(C)=O)[C@@H]1OC(C)=O. The lowest BCUT2D eigenvalue weighted by atomic mass is 9.80. The highest BCUT2D eigenvalue weighted by atomic mass is 16.7. The van der Waals surface area contributed by atoms with Gasteiger partial charge in [-0.2, -0.15) is 0 Å². The van der Waals surface area contributed by atoms with E-state index >= 15 is 0 Å². The fourth-order valence-electron chi connectivity index (χ4n) is 5.33. The van der Waals surface area contributed by atoms with Crippen molar-refractivity contribution in [2.75, 3.05) is 6.61 Å². The third-order valence-electron chi connectivity index (χ3n) is 6.91. The van der Waals surface area contributed by atoms with Crippen LogP contribution in [0.4, 0.5) is 0 Å². The molecular weight excluding hydrogens is 554 g/mol. The number of hydrogen-bond donors (Lipinski definition) is 1. The minimum Gasteiger partial charge on any atom is -0.456 e. The number of ether oxygens (including phenoxy) is 5. The number of hydrogen-bond acceptors (Lipinski definition) is 9. The highest BCUT2D eigenvalue weighted by molar-refractivity contribution is 5.74. The Bertz CT molecular complexity index is 1300. The lowest BCUT2D eigenvalue weighted by molar-refractivity contribution is -0.275. The highest BCUT2D eigenvalue weighted by Crippen LogP contribution is 2.41. The van der Waals surface area contributed by atoms with E-state index in [0.717, 1.165) is 16.7 Å². The van der Waals surface area contributed by atoms with Crippen LogP contribution in [0.25, 0.3) is 0 Å². The predicted molar refractivity (Wildman–Crippen MR) is 154 cm³/mol. The summed E-state index contributed by atoms with van der Waals surface area (Å²) in [5.74, 6) is -2.58. The van der Waals surface area contributed by atoms with Gasteiger partial charge in [-0.1, -0.05) is 91.0 Å². The van der Waals surface area contributed by atoms with Gasteiger partial charge in [-0.15, -0.1) is 0 Å². The molecule has 1 N–H and O–H groups in total. The van der Waals surface area contributed by atoms with Crippen molar-refractivity contribution in [2.24, 2.45) is 0 Å². The summed E-state index contributed by atoms with van der Waals surface area (Å²) in [6.07, 6.45) is -4.98.